The van der Waals surface area contributed by atoms with Gasteiger partial charge in [0, 0.05) is 40.2 Å². The molecule has 0 bridgehead atoms. The molecule has 1 aliphatic carbocycles. The normalized spacial score (nSPS) is 18.1. The number of benzene rings is 2. The van der Waals surface area contributed by atoms with E-state index in [4.69, 9.17) is 9.47 Å². The standard InChI is InChI=1S/C25H25FN2O4/c1-14-21(25(30)28-16-12-10-15(26)11-13-16)22(23-18(27-14)7-5-8-19(23)29)17-6-4-9-20(31-2)24(17)32-3/h4,6,9-13,22,27H,5,7-8H2,1-3H3,(H,28,30)/t22-/m1/s1. The van der Waals surface area contributed by atoms with E-state index in [9.17, 15) is 14.0 Å². The van der Waals surface area contributed by atoms with Gasteiger partial charge in [-0.3, -0.25) is 9.59 Å². The molecule has 0 unspecified atom stereocenters. The highest BCUT2D eigenvalue weighted by molar-refractivity contribution is 6.10. The molecule has 6 nitrogen and oxygen atoms in total. The van der Waals surface area contributed by atoms with E-state index in [0.29, 0.717) is 46.0 Å². The van der Waals surface area contributed by atoms with E-state index in [2.05, 4.69) is 10.6 Å². The summed E-state index contributed by atoms with van der Waals surface area (Å²) in [5, 5.41) is 6.12. The molecule has 0 spiro atoms. The van der Waals surface area contributed by atoms with Crippen LogP contribution in [0.2, 0.25) is 0 Å². The van der Waals surface area contributed by atoms with Crippen LogP contribution in [0.25, 0.3) is 0 Å². The van der Waals surface area contributed by atoms with Crippen LogP contribution in [-0.2, 0) is 9.59 Å². The van der Waals surface area contributed by atoms with E-state index in [0.717, 1.165) is 18.5 Å². The molecule has 166 valence electrons. The molecule has 0 saturated heterocycles. The Morgan fingerprint density at radius 1 is 1.09 bits per heavy atom. The molecule has 2 aliphatic rings. The summed E-state index contributed by atoms with van der Waals surface area (Å²) in [6, 6.07) is 11.0. The molecule has 0 saturated carbocycles. The number of hydrogen-bond acceptors (Lipinski definition) is 5. The zero-order chi connectivity index (χ0) is 22.8. The van der Waals surface area contributed by atoms with Crippen molar-refractivity contribution < 1.29 is 23.5 Å². The molecule has 2 aromatic carbocycles. The summed E-state index contributed by atoms with van der Waals surface area (Å²) in [4.78, 5) is 26.5. The number of ether oxygens (including phenoxy) is 2. The summed E-state index contributed by atoms with van der Waals surface area (Å²) in [5.41, 5.74) is 3.63. The van der Waals surface area contributed by atoms with E-state index in [1.807, 2.05) is 19.1 Å². The number of dihydropyridines is 1. The average Bonchev–Trinajstić information content (AvgIpc) is 2.79. The number of ketones is 1. The van der Waals surface area contributed by atoms with Crippen LogP contribution >= 0.6 is 0 Å². The van der Waals surface area contributed by atoms with E-state index < -0.39 is 5.92 Å². The molecule has 4 rings (SSSR count). The Kier molecular flexibility index (Phi) is 5.99. The number of allylic oxidation sites excluding steroid dienone is 3. The third-order valence-corrected chi connectivity index (χ3v) is 5.87. The number of para-hydroxylation sites is 1. The van der Waals surface area contributed by atoms with E-state index in [1.165, 1.54) is 31.4 Å². The van der Waals surface area contributed by atoms with Gasteiger partial charge in [0.1, 0.15) is 5.82 Å². The summed E-state index contributed by atoms with van der Waals surface area (Å²) in [7, 11) is 3.08. The van der Waals surface area contributed by atoms with Crippen molar-refractivity contribution in [3.63, 3.8) is 0 Å². The molecular formula is C25H25FN2O4. The number of hydrogen-bond donors (Lipinski definition) is 2. The van der Waals surface area contributed by atoms with E-state index >= 15 is 0 Å². The van der Waals surface area contributed by atoms with Gasteiger partial charge in [-0.25, -0.2) is 4.39 Å². The predicted octanol–water partition coefficient (Wildman–Crippen LogP) is 4.45. The quantitative estimate of drug-likeness (QED) is 0.724. The van der Waals surface area contributed by atoms with Gasteiger partial charge in [0.05, 0.1) is 20.1 Å². The number of Topliss-reactive ketones (excluding diaryl/α,β-unsaturated/α-hetero) is 1. The molecule has 2 N–H and O–H groups in total. The molecule has 32 heavy (non-hydrogen) atoms. The number of methoxy groups -OCH3 is 2. The van der Waals surface area contributed by atoms with Gasteiger partial charge < -0.3 is 20.1 Å². The van der Waals surface area contributed by atoms with Crippen molar-refractivity contribution in [2.45, 2.75) is 32.1 Å². The van der Waals surface area contributed by atoms with Crippen LogP contribution in [0.4, 0.5) is 10.1 Å². The van der Waals surface area contributed by atoms with Crippen molar-refractivity contribution >= 4 is 17.4 Å². The zero-order valence-electron chi connectivity index (χ0n) is 18.3. The zero-order valence-corrected chi connectivity index (χ0v) is 18.3. The summed E-state index contributed by atoms with van der Waals surface area (Å²) < 4.78 is 24.4. The molecule has 2 aromatic rings. The highest BCUT2D eigenvalue weighted by Crippen LogP contribution is 2.47. The van der Waals surface area contributed by atoms with Crippen LogP contribution in [0.5, 0.6) is 11.5 Å². The number of carbonyl (C=O) groups is 2. The van der Waals surface area contributed by atoms with Crippen LogP contribution in [0.1, 0.15) is 37.7 Å². The highest BCUT2D eigenvalue weighted by atomic mass is 19.1. The fourth-order valence-electron chi connectivity index (χ4n) is 4.47. The number of anilines is 1. The smallest absolute Gasteiger partial charge is 0.254 e. The van der Waals surface area contributed by atoms with Gasteiger partial charge in [0.2, 0.25) is 0 Å². The lowest BCUT2D eigenvalue weighted by atomic mass is 9.74. The van der Waals surface area contributed by atoms with Gasteiger partial charge in [-0.15, -0.1) is 0 Å². The topological polar surface area (TPSA) is 76.7 Å². The molecule has 1 heterocycles. The first-order chi connectivity index (χ1) is 15.4. The van der Waals surface area contributed by atoms with Crippen molar-refractivity contribution in [2.75, 3.05) is 19.5 Å². The van der Waals surface area contributed by atoms with Gasteiger partial charge >= 0.3 is 0 Å². The Balaban J connectivity index is 1.85. The maximum absolute atomic E-state index is 13.5. The van der Waals surface area contributed by atoms with Crippen LogP contribution in [0, 0.1) is 5.82 Å². The fraction of sp³-hybridized carbons (Fsp3) is 0.280. The Bertz CT molecular complexity index is 1140. The number of rotatable bonds is 5. The van der Waals surface area contributed by atoms with Crippen molar-refractivity contribution in [3.05, 3.63) is 76.4 Å². The minimum Gasteiger partial charge on any atom is -0.493 e. The van der Waals surface area contributed by atoms with Gasteiger partial charge in [-0.2, -0.15) is 0 Å². The fourth-order valence-corrected chi connectivity index (χ4v) is 4.47. The number of halogens is 1. The maximum atomic E-state index is 13.5. The largest absolute Gasteiger partial charge is 0.493 e. The predicted molar refractivity (Wildman–Crippen MR) is 119 cm³/mol. The monoisotopic (exact) mass is 436 g/mol. The van der Waals surface area contributed by atoms with E-state index in [1.54, 1.807) is 13.2 Å². The highest BCUT2D eigenvalue weighted by Gasteiger charge is 2.40. The first-order valence-corrected chi connectivity index (χ1v) is 10.5. The molecule has 1 aliphatic heterocycles. The Hall–Kier alpha value is -3.61. The molecular weight excluding hydrogens is 411 g/mol. The minimum absolute atomic E-state index is 0.00760. The Morgan fingerprint density at radius 2 is 1.84 bits per heavy atom. The van der Waals surface area contributed by atoms with E-state index in [-0.39, 0.29) is 17.5 Å². The molecule has 1 atom stereocenters. The van der Waals surface area contributed by atoms with Gasteiger partial charge in [-0.05, 0) is 50.1 Å². The van der Waals surface area contributed by atoms with Crippen LogP contribution in [0.15, 0.2) is 65.0 Å². The molecule has 0 radical (unpaired) electrons. The Morgan fingerprint density at radius 3 is 2.53 bits per heavy atom. The summed E-state index contributed by atoms with van der Waals surface area (Å²) in [6.45, 7) is 1.82. The van der Waals surface area contributed by atoms with Gasteiger partial charge in [0.15, 0.2) is 17.3 Å². The van der Waals surface area contributed by atoms with Crippen LogP contribution in [-0.4, -0.2) is 25.9 Å². The molecule has 7 heteroatoms. The summed E-state index contributed by atoms with van der Waals surface area (Å²) in [5.74, 6) is -0.379. The summed E-state index contributed by atoms with van der Waals surface area (Å²) in [6.07, 6.45) is 1.92. The Labute approximate surface area is 186 Å². The molecule has 0 aromatic heterocycles. The van der Waals surface area contributed by atoms with Gasteiger partial charge in [-0.1, -0.05) is 12.1 Å². The first-order valence-electron chi connectivity index (χ1n) is 10.5. The van der Waals surface area contributed by atoms with Crippen LogP contribution in [0.3, 0.4) is 0 Å². The minimum atomic E-state index is -0.621. The number of carbonyl (C=O) groups excluding carboxylic acids is 2. The average molecular weight is 436 g/mol. The third kappa shape index (κ3) is 3.86. The van der Waals surface area contributed by atoms with Crippen molar-refractivity contribution in [2.24, 2.45) is 0 Å². The van der Waals surface area contributed by atoms with Crippen LogP contribution < -0.4 is 20.1 Å². The second-order valence-electron chi connectivity index (χ2n) is 7.81. The number of nitrogens with one attached hydrogen (secondary N) is 2. The van der Waals surface area contributed by atoms with Gasteiger partial charge in [0.25, 0.3) is 5.91 Å². The maximum Gasteiger partial charge on any atom is 0.254 e. The van der Waals surface area contributed by atoms with Crippen molar-refractivity contribution in [1.29, 1.82) is 0 Å². The summed E-state index contributed by atoms with van der Waals surface area (Å²) >= 11 is 0. The lowest BCUT2D eigenvalue weighted by molar-refractivity contribution is -0.116. The number of amides is 1. The second kappa shape index (κ2) is 8.86. The molecule has 0 fully saturated rings. The second-order valence-corrected chi connectivity index (χ2v) is 7.81. The lowest BCUT2D eigenvalue weighted by Gasteiger charge is -2.35. The lowest BCUT2D eigenvalue weighted by Crippen LogP contribution is -2.35. The molecule has 1 amide bonds. The first kappa shape index (κ1) is 21.6. The van der Waals surface area contributed by atoms with Crippen molar-refractivity contribution in [3.8, 4) is 11.5 Å². The SMILES string of the molecule is COc1cccc([C@@H]2C(C(=O)Nc3ccc(F)cc3)=C(C)NC3=C2C(=O)CCC3)c1OC. The van der Waals surface area contributed by atoms with Crippen molar-refractivity contribution in [1.82, 2.24) is 5.32 Å². The third-order valence-electron chi connectivity index (χ3n) is 5.87.